The molecule has 80 heavy (non-hydrogen) atoms. The van der Waals surface area contributed by atoms with Crippen LogP contribution >= 0.6 is 0 Å². The van der Waals surface area contributed by atoms with Gasteiger partial charge >= 0.3 is 54.1 Å². The molecule has 0 saturated carbocycles. The number of carbonyl (C=O) groups excluding carboxylic acids is 6. The molecule has 2 saturated heterocycles. The molecule has 3 aromatic carbocycles. The Balaban J connectivity index is 0.000000194. The maximum atomic E-state index is 12.6. The van der Waals surface area contributed by atoms with Crippen molar-refractivity contribution in [3.8, 4) is 17.2 Å². The number of anilines is 2. The number of hydrogen-bond acceptors (Lipinski definition) is 19. The molecule has 0 bridgehead atoms. The van der Waals surface area contributed by atoms with E-state index in [1.165, 1.54) is 32.9 Å². The van der Waals surface area contributed by atoms with E-state index < -0.39 is 113 Å². The Hall–Kier alpha value is -8.65. The molecule has 26 heteroatoms. The highest BCUT2D eigenvalue weighted by Gasteiger charge is 2.63. The fourth-order valence-corrected chi connectivity index (χ4v) is 9.42. The van der Waals surface area contributed by atoms with Gasteiger partial charge in [0.2, 0.25) is 0 Å². The van der Waals surface area contributed by atoms with Gasteiger partial charge in [0, 0.05) is 79.6 Å². The third kappa shape index (κ3) is 14.0. The molecule has 2 fully saturated rings. The largest absolute Gasteiger partial charge is 0.480 e. The first-order valence-electron chi connectivity index (χ1n) is 25.0. The number of H-pyrrole nitrogens is 1. The number of likely N-dealkylation sites (tertiary alicyclic amines) is 2. The highest BCUT2D eigenvalue weighted by Crippen LogP contribution is 2.52. The molecule has 9 N–H and O–H groups in total. The Morgan fingerprint density at radius 3 is 1.35 bits per heavy atom. The van der Waals surface area contributed by atoms with Crippen LogP contribution in [0.1, 0.15) is 113 Å². The number of aliphatic hydroxyl groups is 2. The van der Waals surface area contributed by atoms with Crippen molar-refractivity contribution in [2.45, 2.75) is 161 Å². The molecule has 0 unspecified atom stereocenters. The van der Waals surface area contributed by atoms with Crippen molar-refractivity contribution in [2.75, 3.05) is 10.6 Å². The minimum atomic E-state index is -1.66. The summed E-state index contributed by atoms with van der Waals surface area (Å²) >= 11 is 0. The third-order valence-electron chi connectivity index (χ3n) is 12.4. The summed E-state index contributed by atoms with van der Waals surface area (Å²) in [5.74, 6) is -4.36. The van der Waals surface area contributed by atoms with Crippen LogP contribution in [0.4, 0.5) is 25.8 Å². The summed E-state index contributed by atoms with van der Waals surface area (Å²) in [6.45, 7) is 18.9. The molecule has 1 aromatic heterocycles. The fraction of sp³-hybridized carbons (Fsp3) is 0.463. The van der Waals surface area contributed by atoms with Crippen LogP contribution in [-0.2, 0) is 60.6 Å². The van der Waals surface area contributed by atoms with Gasteiger partial charge in [0.05, 0.1) is 0 Å². The summed E-state index contributed by atoms with van der Waals surface area (Å²) in [5, 5.41) is 60.1. The molecule has 0 radical (unpaired) electrons. The van der Waals surface area contributed by atoms with Gasteiger partial charge in [-0.3, -0.25) is 24.2 Å². The van der Waals surface area contributed by atoms with Crippen LogP contribution in [0.15, 0.2) is 60.8 Å². The van der Waals surface area contributed by atoms with Crippen molar-refractivity contribution in [3.05, 3.63) is 77.5 Å². The minimum absolute atomic E-state index is 0.0398. The van der Waals surface area contributed by atoms with Crippen LogP contribution in [0.25, 0.3) is 10.9 Å². The quantitative estimate of drug-likeness (QED) is 0.0534. The summed E-state index contributed by atoms with van der Waals surface area (Å²) in [6, 6.07) is 10.6. The van der Waals surface area contributed by atoms with E-state index in [0.29, 0.717) is 39.2 Å². The number of aromatic nitrogens is 1. The lowest BCUT2D eigenvalue weighted by Crippen LogP contribution is -2.51. The number of carboxylic acid groups (broad SMARTS) is 3. The first-order valence-corrected chi connectivity index (χ1v) is 25.0. The number of alkyl carbamates (subject to hydrolysis) is 1. The average Bonchev–Trinajstić information content (AvgIpc) is 4.06. The number of carbonyl (C=O) groups is 9. The van der Waals surface area contributed by atoms with Crippen molar-refractivity contribution in [3.63, 3.8) is 0 Å². The van der Waals surface area contributed by atoms with E-state index in [1.54, 1.807) is 111 Å². The number of benzene rings is 3. The van der Waals surface area contributed by atoms with Gasteiger partial charge in [-0.05, 0) is 122 Å². The Bertz CT molecular complexity index is 2980. The molecular weight excluding hydrogens is 1050 g/mol. The third-order valence-corrected chi connectivity index (χ3v) is 12.4. The maximum absolute atomic E-state index is 12.6. The van der Waals surface area contributed by atoms with Crippen LogP contribution in [0, 0.1) is 0 Å². The maximum Gasteiger partial charge on any atom is 0.412 e. The van der Waals surface area contributed by atoms with Crippen molar-refractivity contribution in [2.24, 2.45) is 0 Å². The molecule has 0 spiro atoms. The van der Waals surface area contributed by atoms with E-state index in [4.69, 9.17) is 28.4 Å². The number of rotatable bonds is 9. The number of hydrogen-bond donors (Lipinski definition) is 9. The summed E-state index contributed by atoms with van der Waals surface area (Å²) in [5.41, 5.74) is -2.50. The van der Waals surface area contributed by atoms with E-state index in [-0.39, 0.29) is 30.8 Å². The second-order valence-corrected chi connectivity index (χ2v) is 22.3. The van der Waals surface area contributed by atoms with Crippen LogP contribution in [0.2, 0.25) is 0 Å². The Labute approximate surface area is 458 Å². The van der Waals surface area contributed by atoms with E-state index in [1.807, 2.05) is 0 Å². The van der Waals surface area contributed by atoms with Crippen LogP contribution in [-0.4, -0.2) is 142 Å². The molecule has 0 aliphatic carbocycles. The zero-order chi connectivity index (χ0) is 59.8. The predicted octanol–water partition coefficient (Wildman–Crippen LogP) is 5.90. The van der Waals surface area contributed by atoms with Crippen molar-refractivity contribution < 1.29 is 97.1 Å². The van der Waals surface area contributed by atoms with Gasteiger partial charge in [-0.25, -0.2) is 28.8 Å². The van der Waals surface area contributed by atoms with Gasteiger partial charge in [-0.1, -0.05) is 0 Å². The second kappa shape index (κ2) is 22.6. The molecule has 4 aliphatic heterocycles. The SMILES string of the molecule is CC(=O)Oc1ccc2[nH]cc(C[C@H](NC(=O)OC(C)(C)C)C(=O)O)c2c1.CC(=O)Oc1ccc2c(c1)[C@@]1(O)C[C@@H](C(=O)O)N(C(=O)OC(C)(C)C)[C@H]1N2.CC(=O)Oc1ccc2c(c1)[C@]1(O)C[C@@H](C(=O)O)N(C(=O)OC(C)(C)C)[C@@H]1N2. The standard InChI is InChI=1S/2C18H22N2O7.C18H22N2O6/c2*1-9(21)26-10-5-6-12-11(7-10)18(25)8-13(14(22)23)20(15(18)19-12)16(24)27-17(2,3)4;1-10(21)25-12-5-6-14-13(8-12)11(9-19-14)7-15(16(22)23)20-17(24)26-18(2,3)4/h2*5-7,13,15,19,25H,8H2,1-4H3,(H,22,23);5-6,8-9,15,19H,7H2,1-4H3,(H,20,24)(H,22,23)/t13-,15+,18-;13-,15-,18+;15-/m000/s1. The Morgan fingerprint density at radius 2 is 0.988 bits per heavy atom. The lowest BCUT2D eigenvalue weighted by atomic mass is 9.91. The number of carboxylic acids is 3. The molecule has 4 aromatic rings. The Morgan fingerprint density at radius 1 is 0.600 bits per heavy atom. The second-order valence-electron chi connectivity index (χ2n) is 22.3. The zero-order valence-electron chi connectivity index (χ0n) is 46.0. The first-order chi connectivity index (χ1) is 36.9. The van der Waals surface area contributed by atoms with Gasteiger partial charge in [0.25, 0.3) is 0 Å². The lowest BCUT2D eigenvalue weighted by molar-refractivity contribution is -0.143. The number of ether oxygens (including phenoxy) is 6. The minimum Gasteiger partial charge on any atom is -0.480 e. The molecule has 4 aliphatic rings. The fourth-order valence-electron chi connectivity index (χ4n) is 9.42. The summed E-state index contributed by atoms with van der Waals surface area (Å²) in [4.78, 5) is 111. The summed E-state index contributed by atoms with van der Waals surface area (Å²) in [6.07, 6.45) is -3.26. The summed E-state index contributed by atoms with van der Waals surface area (Å²) < 4.78 is 30.9. The van der Waals surface area contributed by atoms with Gasteiger partial charge in [-0.2, -0.15) is 0 Å². The van der Waals surface area contributed by atoms with E-state index >= 15 is 0 Å². The smallest absolute Gasteiger partial charge is 0.412 e. The molecule has 7 atom stereocenters. The number of nitrogens with one attached hydrogen (secondary N) is 4. The highest BCUT2D eigenvalue weighted by molar-refractivity contribution is 5.88. The molecule has 3 amide bonds. The van der Waals surface area contributed by atoms with Gasteiger partial charge in [0.1, 0.15) is 75.7 Å². The molecule has 26 nitrogen and oxygen atoms in total. The van der Waals surface area contributed by atoms with Crippen LogP contribution in [0.3, 0.4) is 0 Å². The number of aliphatic carboxylic acids is 3. The number of aromatic amines is 1. The molecule has 432 valence electrons. The molecule has 8 rings (SSSR count). The molecule has 5 heterocycles. The van der Waals surface area contributed by atoms with Gasteiger partial charge in [-0.15, -0.1) is 0 Å². The van der Waals surface area contributed by atoms with Crippen molar-refractivity contribution in [1.29, 1.82) is 0 Å². The monoisotopic (exact) mass is 1120 g/mol. The lowest BCUT2D eigenvalue weighted by Gasteiger charge is -2.31. The van der Waals surface area contributed by atoms with Crippen LogP contribution < -0.4 is 30.2 Å². The highest BCUT2D eigenvalue weighted by atomic mass is 16.6. The number of fused-ring (bicyclic) bond motifs is 7. The number of esters is 3. The van der Waals surface area contributed by atoms with E-state index in [9.17, 15) is 68.7 Å². The number of amides is 3. The Kier molecular flexibility index (Phi) is 17.1. The zero-order valence-corrected chi connectivity index (χ0v) is 46.0. The van der Waals surface area contributed by atoms with E-state index in [0.717, 1.165) is 15.3 Å². The summed E-state index contributed by atoms with van der Waals surface area (Å²) in [7, 11) is 0. The van der Waals surface area contributed by atoms with Crippen molar-refractivity contribution >= 4 is 76.4 Å². The predicted molar refractivity (Wildman–Crippen MR) is 280 cm³/mol. The van der Waals surface area contributed by atoms with Gasteiger partial charge < -0.3 is 74.9 Å². The normalized spacial score (nSPS) is 21.6. The van der Waals surface area contributed by atoms with Crippen LogP contribution in [0.5, 0.6) is 17.2 Å². The topological polar surface area (TPSA) is 369 Å². The van der Waals surface area contributed by atoms with Gasteiger partial charge in [0.15, 0.2) is 0 Å². The first kappa shape index (κ1) is 60.6. The molecular formula is C54H66N6O20. The van der Waals surface area contributed by atoms with Crippen molar-refractivity contribution in [1.82, 2.24) is 20.1 Å². The number of nitrogens with zero attached hydrogens (tertiary/aromatic N) is 2. The van der Waals surface area contributed by atoms with E-state index in [2.05, 4.69) is 20.9 Å². The average molecular weight is 1120 g/mol.